The molecule has 6 heteroatoms. The van der Waals surface area contributed by atoms with Crippen LogP contribution >= 0.6 is 11.8 Å². The van der Waals surface area contributed by atoms with Gasteiger partial charge in [0.1, 0.15) is 24.7 Å². The van der Waals surface area contributed by atoms with Crippen LogP contribution in [0.25, 0.3) is 6.08 Å². The van der Waals surface area contributed by atoms with Gasteiger partial charge in [0.25, 0.3) is 11.1 Å². The van der Waals surface area contributed by atoms with E-state index in [2.05, 4.69) is 38.2 Å². The van der Waals surface area contributed by atoms with Crippen molar-refractivity contribution in [1.82, 2.24) is 5.32 Å². The van der Waals surface area contributed by atoms with Crippen molar-refractivity contribution in [3.63, 3.8) is 0 Å². The highest BCUT2D eigenvalue weighted by Crippen LogP contribution is 2.27. The molecule has 0 bridgehead atoms. The molecule has 1 aliphatic rings. The lowest BCUT2D eigenvalue weighted by atomic mass is 9.87. The molecule has 5 nitrogen and oxygen atoms in total. The van der Waals surface area contributed by atoms with Gasteiger partial charge in [-0.2, -0.15) is 0 Å². The number of carbonyl (C=O) groups excluding carboxylic acids is 2. The predicted molar refractivity (Wildman–Crippen MR) is 112 cm³/mol. The minimum absolute atomic E-state index is 0.118. The molecule has 2 aromatic carbocycles. The van der Waals surface area contributed by atoms with Crippen LogP contribution in [-0.4, -0.2) is 24.4 Å². The fraction of sp³-hybridized carbons (Fsp3) is 0.273. The van der Waals surface area contributed by atoms with Crippen LogP contribution in [-0.2, 0) is 10.2 Å². The summed E-state index contributed by atoms with van der Waals surface area (Å²) in [4.78, 5) is 23.2. The molecule has 3 rings (SSSR count). The van der Waals surface area contributed by atoms with E-state index in [1.54, 1.807) is 6.08 Å². The monoisotopic (exact) mass is 397 g/mol. The number of hydrogen-bond acceptors (Lipinski definition) is 5. The van der Waals surface area contributed by atoms with Crippen molar-refractivity contribution in [2.24, 2.45) is 0 Å². The maximum Gasteiger partial charge on any atom is 0.290 e. The summed E-state index contributed by atoms with van der Waals surface area (Å²) in [6.45, 7) is 7.35. The average Bonchev–Trinajstić information content (AvgIpc) is 2.96. The van der Waals surface area contributed by atoms with Crippen LogP contribution in [0.1, 0.15) is 31.9 Å². The molecule has 0 aromatic heterocycles. The van der Waals surface area contributed by atoms with Crippen molar-refractivity contribution < 1.29 is 19.1 Å². The van der Waals surface area contributed by atoms with Crippen LogP contribution in [0.3, 0.4) is 0 Å². The van der Waals surface area contributed by atoms with E-state index in [1.807, 2.05) is 36.4 Å². The Bertz CT molecular complexity index is 897. The van der Waals surface area contributed by atoms with Gasteiger partial charge in [-0.15, -0.1) is 0 Å². The molecule has 2 aromatic rings. The zero-order chi connectivity index (χ0) is 20.1. The first-order chi connectivity index (χ1) is 13.3. The average molecular weight is 397 g/mol. The van der Waals surface area contributed by atoms with Gasteiger partial charge in [-0.05, 0) is 58.6 Å². The Morgan fingerprint density at radius 2 is 1.64 bits per heavy atom. The summed E-state index contributed by atoms with van der Waals surface area (Å²) in [5.41, 5.74) is 2.17. The molecule has 0 radical (unpaired) electrons. The van der Waals surface area contributed by atoms with Crippen LogP contribution in [0.5, 0.6) is 11.5 Å². The maximum absolute atomic E-state index is 11.6. The highest BCUT2D eigenvalue weighted by atomic mass is 32.2. The quantitative estimate of drug-likeness (QED) is 0.562. The molecule has 1 saturated heterocycles. The number of benzene rings is 2. The zero-order valence-electron chi connectivity index (χ0n) is 16.2. The number of hydrogen-bond donors (Lipinski definition) is 1. The van der Waals surface area contributed by atoms with Crippen molar-refractivity contribution >= 4 is 29.0 Å². The fourth-order valence-electron chi connectivity index (χ4n) is 2.64. The number of amides is 2. The highest BCUT2D eigenvalue weighted by molar-refractivity contribution is 8.18. The standard InChI is InChI=1S/C22H23NO4S/c1-22(2,3)16-7-9-17(10-8-16)26-11-12-27-18-6-4-5-15(13-18)14-19-20(24)23-21(25)28-19/h4-10,13-14H,11-12H2,1-3H3,(H,23,24,25)/b19-14-. The van der Waals surface area contributed by atoms with Gasteiger partial charge in [-0.1, -0.05) is 45.0 Å². The van der Waals surface area contributed by atoms with E-state index >= 15 is 0 Å². The Hall–Kier alpha value is -2.73. The van der Waals surface area contributed by atoms with Crippen molar-refractivity contribution in [3.05, 3.63) is 64.6 Å². The van der Waals surface area contributed by atoms with E-state index in [-0.39, 0.29) is 16.6 Å². The second-order valence-corrected chi connectivity index (χ2v) is 8.41. The van der Waals surface area contributed by atoms with Gasteiger partial charge in [0.2, 0.25) is 0 Å². The van der Waals surface area contributed by atoms with Gasteiger partial charge in [0.15, 0.2) is 0 Å². The normalized spacial score (nSPS) is 15.6. The Labute approximate surface area is 169 Å². The Balaban J connectivity index is 1.51. The second kappa shape index (κ2) is 8.52. The number of nitrogens with one attached hydrogen (secondary N) is 1. The first-order valence-electron chi connectivity index (χ1n) is 9.02. The number of thioether (sulfide) groups is 1. The first kappa shape index (κ1) is 20.0. The van der Waals surface area contributed by atoms with Crippen molar-refractivity contribution in [2.75, 3.05) is 13.2 Å². The summed E-state index contributed by atoms with van der Waals surface area (Å²) in [6, 6.07) is 15.5. The van der Waals surface area contributed by atoms with Crippen LogP contribution in [0.4, 0.5) is 4.79 Å². The molecule has 1 heterocycles. The Morgan fingerprint density at radius 1 is 0.964 bits per heavy atom. The SMILES string of the molecule is CC(C)(C)c1ccc(OCCOc2cccc(/C=C3\SC(=O)NC3=O)c2)cc1. The first-order valence-corrected chi connectivity index (χ1v) is 9.84. The van der Waals surface area contributed by atoms with Gasteiger partial charge in [0, 0.05) is 0 Å². The highest BCUT2D eigenvalue weighted by Gasteiger charge is 2.24. The van der Waals surface area contributed by atoms with Crippen molar-refractivity contribution in [3.8, 4) is 11.5 Å². The lowest BCUT2D eigenvalue weighted by Crippen LogP contribution is -2.17. The smallest absolute Gasteiger partial charge is 0.290 e. The van der Waals surface area contributed by atoms with Gasteiger partial charge >= 0.3 is 0 Å². The van der Waals surface area contributed by atoms with Crippen LogP contribution in [0.2, 0.25) is 0 Å². The van der Waals surface area contributed by atoms with E-state index in [9.17, 15) is 9.59 Å². The summed E-state index contributed by atoms with van der Waals surface area (Å²) in [5.74, 6) is 1.12. The van der Waals surface area contributed by atoms with Gasteiger partial charge in [0.05, 0.1) is 4.91 Å². The van der Waals surface area contributed by atoms with E-state index in [4.69, 9.17) is 9.47 Å². The molecule has 1 aliphatic heterocycles. The Morgan fingerprint density at radius 3 is 2.25 bits per heavy atom. The molecule has 0 atom stereocenters. The molecule has 146 valence electrons. The minimum atomic E-state index is -0.368. The van der Waals surface area contributed by atoms with Crippen molar-refractivity contribution in [1.29, 1.82) is 0 Å². The summed E-state index contributed by atoms with van der Waals surface area (Å²) in [5, 5.41) is 1.89. The van der Waals surface area contributed by atoms with Crippen LogP contribution in [0.15, 0.2) is 53.4 Å². The second-order valence-electron chi connectivity index (χ2n) is 7.40. The topological polar surface area (TPSA) is 64.6 Å². The molecule has 0 unspecified atom stereocenters. The third-order valence-electron chi connectivity index (χ3n) is 4.14. The molecular formula is C22H23NO4S. The summed E-state index contributed by atoms with van der Waals surface area (Å²) >= 11 is 0.897. The van der Waals surface area contributed by atoms with Gasteiger partial charge in [-0.25, -0.2) is 0 Å². The lowest BCUT2D eigenvalue weighted by Gasteiger charge is -2.19. The number of rotatable bonds is 6. The lowest BCUT2D eigenvalue weighted by molar-refractivity contribution is -0.115. The summed E-state index contributed by atoms with van der Waals surface area (Å²) in [6.07, 6.45) is 1.67. The summed E-state index contributed by atoms with van der Waals surface area (Å²) in [7, 11) is 0. The van der Waals surface area contributed by atoms with E-state index < -0.39 is 0 Å². The number of ether oxygens (including phenoxy) is 2. The largest absolute Gasteiger partial charge is 0.490 e. The van der Waals surface area contributed by atoms with Crippen molar-refractivity contribution in [2.45, 2.75) is 26.2 Å². The van der Waals surface area contributed by atoms with Gasteiger partial charge < -0.3 is 9.47 Å². The predicted octanol–water partition coefficient (Wildman–Crippen LogP) is 4.77. The fourth-order valence-corrected chi connectivity index (χ4v) is 3.32. The van der Waals surface area contributed by atoms with E-state index in [1.165, 1.54) is 5.56 Å². The molecule has 0 spiro atoms. The van der Waals surface area contributed by atoms with E-state index in [0.717, 1.165) is 23.1 Å². The molecule has 1 N–H and O–H groups in total. The molecule has 1 fully saturated rings. The minimum Gasteiger partial charge on any atom is -0.490 e. The van der Waals surface area contributed by atoms with Gasteiger partial charge in [-0.3, -0.25) is 14.9 Å². The Kier molecular flexibility index (Phi) is 6.09. The third-order valence-corrected chi connectivity index (χ3v) is 4.95. The van der Waals surface area contributed by atoms with E-state index in [0.29, 0.717) is 23.9 Å². The summed E-state index contributed by atoms with van der Waals surface area (Å²) < 4.78 is 11.5. The zero-order valence-corrected chi connectivity index (χ0v) is 17.0. The molecule has 0 aliphatic carbocycles. The molecular weight excluding hydrogens is 374 g/mol. The van der Waals surface area contributed by atoms with Crippen LogP contribution in [0, 0.1) is 0 Å². The third kappa shape index (κ3) is 5.39. The maximum atomic E-state index is 11.6. The number of imide groups is 1. The van der Waals surface area contributed by atoms with Crippen LogP contribution < -0.4 is 14.8 Å². The number of carbonyl (C=O) groups is 2. The molecule has 28 heavy (non-hydrogen) atoms. The molecule has 0 saturated carbocycles. The molecule has 2 amide bonds.